The molecule has 1 aromatic heterocycles. The molecule has 4 fully saturated rings. The Morgan fingerprint density at radius 2 is 1.60 bits per heavy atom. The van der Waals surface area contributed by atoms with Gasteiger partial charge < -0.3 is 51.3 Å². The minimum atomic E-state index is -5.85. The number of carbonyl (C=O) groups is 10. The first-order valence-electron chi connectivity index (χ1n) is 32.2. The molecule has 4 aromatic rings. The van der Waals surface area contributed by atoms with Crippen molar-refractivity contribution in [1.29, 1.82) is 0 Å². The number of amides is 9. The molecule has 5 aliphatic rings. The molecule has 0 radical (unpaired) electrons. The number of hydrogen-bond acceptors (Lipinski definition) is 17. The van der Waals surface area contributed by atoms with Crippen LogP contribution >= 0.6 is 18.9 Å². The normalized spacial score (nSPS) is 21.0. The molecule has 7 atom stereocenters. The summed E-state index contributed by atoms with van der Waals surface area (Å²) >= 11 is 0.808. The van der Waals surface area contributed by atoms with Crippen molar-refractivity contribution in [3.8, 4) is 0 Å². The molecule has 25 nitrogen and oxygen atoms in total. The Labute approximate surface area is 556 Å². The van der Waals surface area contributed by atoms with Gasteiger partial charge in [-0.05, 0) is 113 Å². The molecule has 2 unspecified atom stereocenters. The first kappa shape index (κ1) is 72.4. The summed E-state index contributed by atoms with van der Waals surface area (Å²) in [5, 5.41) is 14.0. The number of aryl methyl sites for hydroxylation is 1. The van der Waals surface area contributed by atoms with E-state index in [1.54, 1.807) is 17.0 Å². The van der Waals surface area contributed by atoms with Gasteiger partial charge in [-0.1, -0.05) is 49.7 Å². The van der Waals surface area contributed by atoms with E-state index in [0.29, 0.717) is 31.7 Å². The number of ether oxygens (including phenoxy) is 1. The summed E-state index contributed by atoms with van der Waals surface area (Å²) in [6.45, 7) is 6.79. The van der Waals surface area contributed by atoms with Gasteiger partial charge in [0.25, 0.3) is 18.2 Å². The van der Waals surface area contributed by atoms with E-state index in [-0.39, 0.29) is 104 Å². The van der Waals surface area contributed by atoms with E-state index in [2.05, 4.69) is 42.9 Å². The van der Waals surface area contributed by atoms with Gasteiger partial charge in [0.15, 0.2) is 0 Å². The maximum Gasteiger partial charge on any atom is 0.404 e. The summed E-state index contributed by atoms with van der Waals surface area (Å²) in [5.41, 5.74) is 2.79. The number of thiophene rings is 1. The van der Waals surface area contributed by atoms with Crippen LogP contribution in [-0.4, -0.2) is 197 Å². The van der Waals surface area contributed by atoms with Gasteiger partial charge in [0.1, 0.15) is 30.2 Å². The maximum atomic E-state index is 15.7. The standard InChI is InChI=1S/C65H82F4N11O14PS/c1-5-6-8-38-11-13-39(14-12-38)31-47(61(88)78-29-27-76(28-30-78)26-24-71-45-10-7-9-43-44(45)34-79(60(43)87)49-19-22-55(82)75-57(49)84)73-56(83)46(17-21-54(70)81)72-58(85)50-18-16-42-23-25-77(36-53(66)67)35-48(62(89)80(42)50)74-59(86)52-33-40-32-41(15-20-51(40)96-52)65(68,69)95(91,92)94-37-93-63(90)64(2,3)4/h7,9-15,20,32-33,42,46-50,53,71H,5-6,8,16-19,21-31,34-37H2,1-4H3,(H2,70,81)(H,72,85)(H,73,83)(H,74,86)(H,91,92)(H,75,82,84)/t42-,46+,47+,48+,49?,50+/m1/s1. The Morgan fingerprint density at radius 1 is 0.875 bits per heavy atom. The zero-order chi connectivity index (χ0) is 69.4. The number of nitrogens with zero attached hydrogens (tertiary/aromatic N) is 5. The van der Waals surface area contributed by atoms with Crippen LogP contribution in [0, 0.1) is 5.41 Å². The molecule has 0 spiro atoms. The van der Waals surface area contributed by atoms with Crippen LogP contribution < -0.4 is 32.3 Å². The number of halogens is 4. The fraction of sp³-hybridized carbons (Fsp3) is 0.538. The van der Waals surface area contributed by atoms with Crippen molar-refractivity contribution < 1.29 is 84.2 Å². The molecule has 5 aliphatic heterocycles. The summed E-state index contributed by atoms with van der Waals surface area (Å²) in [5.74, 6) is -6.62. The second-order valence-corrected chi connectivity index (χ2v) is 28.8. The van der Waals surface area contributed by atoms with Gasteiger partial charge in [-0.3, -0.25) is 72.2 Å². The minimum Gasteiger partial charge on any atom is -0.438 e. The number of anilines is 1. The highest BCUT2D eigenvalue weighted by atomic mass is 32.1. The van der Waals surface area contributed by atoms with E-state index in [0.717, 1.165) is 65.1 Å². The molecular formula is C65H82F4N11O14PS. The van der Waals surface area contributed by atoms with Crippen molar-refractivity contribution in [3.05, 3.63) is 99.4 Å². The van der Waals surface area contributed by atoms with Crippen molar-refractivity contribution in [2.24, 2.45) is 11.1 Å². The summed E-state index contributed by atoms with van der Waals surface area (Å²) in [4.78, 5) is 154. The Hall–Kier alpha value is -7.89. The monoisotopic (exact) mass is 1380 g/mol. The van der Waals surface area contributed by atoms with Crippen LogP contribution in [0.15, 0.2) is 66.7 Å². The number of piperazine rings is 1. The number of unbranched alkanes of at least 4 members (excludes halogenated alkanes) is 1. The largest absolute Gasteiger partial charge is 0.438 e. The molecule has 31 heteroatoms. The number of nitrogens with one attached hydrogen (secondary N) is 5. The molecule has 0 aliphatic carbocycles. The lowest BCUT2D eigenvalue weighted by molar-refractivity contribution is -0.160. The molecule has 0 saturated carbocycles. The number of hydrogen-bond donors (Lipinski definition) is 7. The lowest BCUT2D eigenvalue weighted by Crippen LogP contribution is -2.62. The number of nitrogens with two attached hydrogens (primary N) is 1. The second kappa shape index (κ2) is 31.1. The van der Waals surface area contributed by atoms with Crippen LogP contribution in [0.1, 0.15) is 128 Å². The Bertz CT molecular complexity index is 3640. The Kier molecular flexibility index (Phi) is 23.4. The number of primary amides is 1. The SMILES string of the molecule is CCCCc1ccc(C[C@H](NC(=O)[C@H](CCC(N)=O)NC(=O)[C@@H]2CC[C@@H]3CCN(CC(F)F)C[C@H](NC(=O)c4cc5cc(C(F)(F)P(=O)(O)OCOC(=O)C(C)(C)C)ccc5s4)C(=O)N32)C(=O)N2CCN(CCNc3cccc4c3CN(C3CCC(=O)NC3=O)C4=O)CC2)cc1. The molecule has 3 aromatic carbocycles. The van der Waals surface area contributed by atoms with E-state index < -0.39 is 134 Å². The zero-order valence-corrected chi connectivity index (χ0v) is 55.6. The predicted octanol–water partition coefficient (Wildman–Crippen LogP) is 4.97. The molecule has 0 bridgehead atoms. The molecule has 96 heavy (non-hydrogen) atoms. The van der Waals surface area contributed by atoms with Crippen LogP contribution in [0.5, 0.6) is 0 Å². The molecule has 6 heterocycles. The molecule has 8 N–H and O–H groups in total. The van der Waals surface area contributed by atoms with Crippen LogP contribution in [-0.2, 0) is 77.2 Å². The van der Waals surface area contributed by atoms with E-state index in [9.17, 15) is 66.2 Å². The maximum absolute atomic E-state index is 15.7. The zero-order valence-electron chi connectivity index (χ0n) is 53.9. The van der Waals surface area contributed by atoms with E-state index in [4.69, 9.17) is 10.5 Å². The number of fused-ring (bicyclic) bond motifs is 3. The lowest BCUT2D eigenvalue weighted by atomic mass is 9.98. The van der Waals surface area contributed by atoms with E-state index in [1.165, 1.54) is 47.6 Å². The second-order valence-electron chi connectivity index (χ2n) is 25.9. The van der Waals surface area contributed by atoms with E-state index in [1.807, 2.05) is 30.3 Å². The number of rotatable bonds is 27. The van der Waals surface area contributed by atoms with Gasteiger partial charge in [-0.15, -0.1) is 11.3 Å². The third-order valence-corrected chi connectivity index (χ3v) is 20.5. The van der Waals surface area contributed by atoms with Gasteiger partial charge >= 0.3 is 19.2 Å². The Morgan fingerprint density at radius 3 is 2.29 bits per heavy atom. The molecule has 9 amide bonds. The number of piperidine rings is 1. The summed E-state index contributed by atoms with van der Waals surface area (Å²) in [7, 11) is -5.85. The van der Waals surface area contributed by atoms with Crippen molar-refractivity contribution >= 4 is 93.8 Å². The van der Waals surface area contributed by atoms with Crippen LogP contribution in [0.3, 0.4) is 0 Å². The number of benzene rings is 3. The first-order chi connectivity index (χ1) is 45.5. The number of esters is 1. The highest BCUT2D eigenvalue weighted by Crippen LogP contribution is 2.63. The summed E-state index contributed by atoms with van der Waals surface area (Å²) < 4.78 is 81.8. The number of carbonyl (C=O) groups excluding carboxylic acids is 10. The smallest absolute Gasteiger partial charge is 0.404 e. The fourth-order valence-electron chi connectivity index (χ4n) is 12.6. The highest BCUT2D eigenvalue weighted by molar-refractivity contribution is 7.53. The Balaban J connectivity index is 0.867. The quantitative estimate of drug-likeness (QED) is 0.0136. The summed E-state index contributed by atoms with van der Waals surface area (Å²) in [6, 6.07) is 10.1. The number of alkyl halides is 4. The molecule has 4 saturated heterocycles. The molecular weight excluding hydrogens is 1300 g/mol. The highest BCUT2D eigenvalue weighted by Gasteiger charge is 2.54. The first-order valence-corrected chi connectivity index (χ1v) is 34.6. The third-order valence-electron chi connectivity index (χ3n) is 18.0. The lowest BCUT2D eigenvalue weighted by Gasteiger charge is -2.39. The molecule has 520 valence electrons. The average molecular weight is 1380 g/mol. The van der Waals surface area contributed by atoms with Crippen molar-refractivity contribution in [3.63, 3.8) is 0 Å². The van der Waals surface area contributed by atoms with Crippen LogP contribution in [0.4, 0.5) is 23.2 Å². The summed E-state index contributed by atoms with van der Waals surface area (Å²) in [6.07, 6.45) is 0.0717. The fourth-order valence-corrected chi connectivity index (χ4v) is 14.4. The van der Waals surface area contributed by atoms with E-state index >= 15 is 8.78 Å². The minimum absolute atomic E-state index is 0.0133. The van der Waals surface area contributed by atoms with Crippen molar-refractivity contribution in [2.75, 3.05) is 71.0 Å². The van der Waals surface area contributed by atoms with Crippen molar-refractivity contribution in [1.82, 2.24) is 45.8 Å². The number of imide groups is 1. The van der Waals surface area contributed by atoms with Crippen LogP contribution in [0.2, 0.25) is 0 Å². The van der Waals surface area contributed by atoms with Gasteiger partial charge in [0.05, 0.1) is 16.8 Å². The van der Waals surface area contributed by atoms with Gasteiger partial charge in [-0.25, -0.2) is 8.78 Å². The third kappa shape index (κ3) is 17.4. The topological polar surface area (TPSA) is 329 Å². The predicted molar refractivity (Wildman–Crippen MR) is 344 cm³/mol. The van der Waals surface area contributed by atoms with Gasteiger partial charge in [0.2, 0.25) is 48.1 Å². The van der Waals surface area contributed by atoms with Gasteiger partial charge in [0, 0.05) is 111 Å². The van der Waals surface area contributed by atoms with Gasteiger partial charge in [-0.2, -0.15) is 8.78 Å². The molecule has 9 rings (SSSR count). The average Bonchev–Trinajstić information content (AvgIpc) is 0.851. The van der Waals surface area contributed by atoms with Crippen molar-refractivity contribution in [2.45, 2.75) is 153 Å². The van der Waals surface area contributed by atoms with Crippen LogP contribution in [0.25, 0.3) is 10.1 Å².